The Morgan fingerprint density at radius 3 is 2.44 bits per heavy atom. The van der Waals surface area contributed by atoms with Crippen molar-refractivity contribution in [1.82, 2.24) is 4.98 Å². The third kappa shape index (κ3) is 4.10. The van der Waals surface area contributed by atoms with Crippen molar-refractivity contribution in [3.8, 4) is 11.3 Å². The highest BCUT2D eigenvalue weighted by atomic mass is 35.5. The van der Waals surface area contributed by atoms with Gasteiger partial charge in [0.1, 0.15) is 5.03 Å². The summed E-state index contributed by atoms with van der Waals surface area (Å²) in [6.07, 6.45) is 3.31. The Hall–Kier alpha value is -2.56. The van der Waals surface area contributed by atoms with Crippen molar-refractivity contribution in [3.05, 3.63) is 76.8 Å². The van der Waals surface area contributed by atoms with Gasteiger partial charge in [-0.05, 0) is 48.0 Å². The fraction of sp³-hybridized carbons (Fsp3) is 0.0526. The molecule has 0 radical (unpaired) electrons. The third-order valence-electron chi connectivity index (χ3n) is 3.46. The minimum Gasteiger partial charge on any atom is -0.465 e. The molecule has 1 aromatic heterocycles. The summed E-state index contributed by atoms with van der Waals surface area (Å²) in [4.78, 5) is 15.6. The first-order chi connectivity index (χ1) is 12.1. The number of esters is 1. The van der Waals surface area contributed by atoms with Crippen molar-refractivity contribution < 1.29 is 13.9 Å². The van der Waals surface area contributed by atoms with Crippen LogP contribution in [0, 0.1) is 0 Å². The number of ether oxygens (including phenoxy) is 1. The predicted molar refractivity (Wildman–Crippen MR) is 98.5 cm³/mol. The highest BCUT2D eigenvalue weighted by Gasteiger charge is 2.10. The van der Waals surface area contributed by atoms with Gasteiger partial charge in [0.25, 0.3) is 0 Å². The van der Waals surface area contributed by atoms with Crippen LogP contribution >= 0.6 is 23.2 Å². The average Bonchev–Trinajstić information content (AvgIpc) is 3.12. The van der Waals surface area contributed by atoms with Crippen LogP contribution in [0.2, 0.25) is 5.02 Å². The van der Waals surface area contributed by atoms with E-state index in [9.17, 15) is 4.79 Å². The summed E-state index contributed by atoms with van der Waals surface area (Å²) < 4.78 is 10.4. The number of hydrogen-bond acceptors (Lipinski definition) is 4. The number of nitrogens with zero attached hydrogens (tertiary/aromatic N) is 1. The van der Waals surface area contributed by atoms with Gasteiger partial charge in [-0.3, -0.25) is 0 Å². The van der Waals surface area contributed by atoms with Crippen LogP contribution in [0.15, 0.2) is 59.1 Å². The number of carbonyl (C=O) groups excluding carboxylic acids is 1. The molecule has 0 N–H and O–H groups in total. The smallest absolute Gasteiger partial charge is 0.337 e. The largest absolute Gasteiger partial charge is 0.465 e. The van der Waals surface area contributed by atoms with Gasteiger partial charge < -0.3 is 9.15 Å². The standard InChI is InChI=1S/C19H13Cl2NO3/c1-24-19(23)14-4-2-12(3-5-14)10-16(21)18-22-11-17(25-18)13-6-8-15(20)9-7-13/h2-11H,1H3/b16-10-. The Bertz CT molecular complexity index is 913. The highest BCUT2D eigenvalue weighted by Crippen LogP contribution is 2.27. The lowest BCUT2D eigenvalue weighted by atomic mass is 10.1. The van der Waals surface area contributed by atoms with E-state index in [4.69, 9.17) is 27.6 Å². The zero-order valence-electron chi connectivity index (χ0n) is 13.2. The molecule has 1 heterocycles. The van der Waals surface area contributed by atoms with Crippen LogP contribution in [0.1, 0.15) is 21.8 Å². The zero-order valence-corrected chi connectivity index (χ0v) is 14.7. The molecule has 4 nitrogen and oxygen atoms in total. The van der Waals surface area contributed by atoms with Crippen LogP contribution in [0.4, 0.5) is 0 Å². The fourth-order valence-electron chi connectivity index (χ4n) is 2.17. The Balaban J connectivity index is 1.81. The third-order valence-corrected chi connectivity index (χ3v) is 3.99. The van der Waals surface area contributed by atoms with E-state index in [0.29, 0.717) is 27.3 Å². The predicted octanol–water partition coefficient (Wildman–Crippen LogP) is 5.52. The van der Waals surface area contributed by atoms with Gasteiger partial charge in [-0.2, -0.15) is 0 Å². The number of methoxy groups -OCH3 is 1. The van der Waals surface area contributed by atoms with Crippen LogP contribution < -0.4 is 0 Å². The van der Waals surface area contributed by atoms with Crippen LogP contribution in [0.3, 0.4) is 0 Å². The van der Waals surface area contributed by atoms with Crippen molar-refractivity contribution >= 4 is 40.3 Å². The van der Waals surface area contributed by atoms with Crippen LogP contribution in [0.25, 0.3) is 22.4 Å². The second-order valence-electron chi connectivity index (χ2n) is 5.14. The number of benzene rings is 2. The normalized spacial score (nSPS) is 11.4. The van der Waals surface area contributed by atoms with Gasteiger partial charge in [0.05, 0.1) is 18.9 Å². The highest BCUT2D eigenvalue weighted by molar-refractivity contribution is 6.50. The maximum atomic E-state index is 11.4. The SMILES string of the molecule is COC(=O)c1ccc(/C=C(\Cl)c2ncc(-c3ccc(Cl)cc3)o2)cc1. The molecule has 0 unspecified atom stereocenters. The molecular weight excluding hydrogens is 361 g/mol. The first-order valence-corrected chi connectivity index (χ1v) is 8.10. The summed E-state index contributed by atoms with van der Waals surface area (Å²) in [5.41, 5.74) is 2.14. The quantitative estimate of drug-likeness (QED) is 0.565. The van der Waals surface area contributed by atoms with Crippen LogP contribution in [-0.2, 0) is 4.74 Å². The van der Waals surface area contributed by atoms with Crippen molar-refractivity contribution in [2.75, 3.05) is 7.11 Å². The first kappa shape index (κ1) is 17.3. The summed E-state index contributed by atoms with van der Waals surface area (Å²) in [6, 6.07) is 14.1. The molecule has 0 saturated heterocycles. The minimum atomic E-state index is -0.387. The molecule has 0 fully saturated rings. The molecule has 6 heteroatoms. The van der Waals surface area contributed by atoms with E-state index in [1.54, 1.807) is 48.7 Å². The van der Waals surface area contributed by atoms with Crippen molar-refractivity contribution in [2.45, 2.75) is 0 Å². The molecule has 0 aliphatic carbocycles. The number of aromatic nitrogens is 1. The Kier molecular flexibility index (Phi) is 5.22. The van der Waals surface area contributed by atoms with E-state index in [1.165, 1.54) is 7.11 Å². The number of oxazole rings is 1. The Morgan fingerprint density at radius 1 is 1.12 bits per heavy atom. The van der Waals surface area contributed by atoms with Gasteiger partial charge >= 0.3 is 5.97 Å². The van der Waals surface area contributed by atoms with E-state index in [1.807, 2.05) is 12.1 Å². The summed E-state index contributed by atoms with van der Waals surface area (Å²) in [6.45, 7) is 0. The molecule has 3 rings (SSSR count). The van der Waals surface area contributed by atoms with E-state index in [2.05, 4.69) is 9.72 Å². The number of halogens is 2. The van der Waals surface area contributed by atoms with Gasteiger partial charge in [0, 0.05) is 10.6 Å². The molecule has 0 bridgehead atoms. The topological polar surface area (TPSA) is 52.3 Å². The second kappa shape index (κ2) is 7.55. The van der Waals surface area contributed by atoms with Gasteiger partial charge in [-0.1, -0.05) is 35.3 Å². The molecule has 0 aliphatic rings. The number of carbonyl (C=O) groups is 1. The van der Waals surface area contributed by atoms with Gasteiger partial charge in [-0.25, -0.2) is 9.78 Å². The van der Waals surface area contributed by atoms with Gasteiger partial charge in [0.15, 0.2) is 5.76 Å². The maximum absolute atomic E-state index is 11.4. The second-order valence-corrected chi connectivity index (χ2v) is 5.99. The summed E-state index contributed by atoms with van der Waals surface area (Å²) >= 11 is 12.2. The molecular formula is C19H13Cl2NO3. The molecule has 0 aliphatic heterocycles. The molecule has 0 amide bonds. The lowest BCUT2D eigenvalue weighted by Crippen LogP contribution is -2.00. The molecule has 3 aromatic rings. The summed E-state index contributed by atoms with van der Waals surface area (Å²) in [5.74, 6) is 0.518. The monoisotopic (exact) mass is 373 g/mol. The first-order valence-electron chi connectivity index (χ1n) is 7.34. The average molecular weight is 374 g/mol. The van der Waals surface area contributed by atoms with Crippen molar-refractivity contribution in [3.63, 3.8) is 0 Å². The number of rotatable bonds is 4. The van der Waals surface area contributed by atoms with Gasteiger partial charge in [0.2, 0.25) is 5.89 Å². The van der Waals surface area contributed by atoms with Crippen LogP contribution in [0.5, 0.6) is 0 Å². The molecule has 2 aromatic carbocycles. The zero-order chi connectivity index (χ0) is 17.8. The number of hydrogen-bond donors (Lipinski definition) is 0. The molecule has 25 heavy (non-hydrogen) atoms. The lowest BCUT2D eigenvalue weighted by molar-refractivity contribution is 0.0600. The van der Waals surface area contributed by atoms with Crippen molar-refractivity contribution in [1.29, 1.82) is 0 Å². The minimum absolute atomic E-state index is 0.309. The summed E-state index contributed by atoms with van der Waals surface area (Å²) in [5, 5.41) is 1.00. The molecule has 126 valence electrons. The van der Waals surface area contributed by atoms with Crippen LogP contribution in [-0.4, -0.2) is 18.1 Å². The molecule has 0 atom stereocenters. The lowest BCUT2D eigenvalue weighted by Gasteiger charge is -2.00. The fourth-order valence-corrected chi connectivity index (χ4v) is 2.51. The van der Waals surface area contributed by atoms with E-state index < -0.39 is 0 Å². The molecule has 0 saturated carbocycles. The van der Waals surface area contributed by atoms with E-state index >= 15 is 0 Å². The Morgan fingerprint density at radius 2 is 1.80 bits per heavy atom. The summed E-state index contributed by atoms with van der Waals surface area (Å²) in [7, 11) is 1.34. The van der Waals surface area contributed by atoms with Gasteiger partial charge in [-0.15, -0.1) is 0 Å². The maximum Gasteiger partial charge on any atom is 0.337 e. The van der Waals surface area contributed by atoms with E-state index in [-0.39, 0.29) is 5.97 Å². The van der Waals surface area contributed by atoms with Crippen molar-refractivity contribution in [2.24, 2.45) is 0 Å². The molecule has 0 spiro atoms. The van der Waals surface area contributed by atoms with E-state index in [0.717, 1.165) is 11.1 Å². The Labute approximate surface area is 154 Å².